The van der Waals surface area contributed by atoms with Crippen molar-refractivity contribution in [3.05, 3.63) is 29.3 Å². The van der Waals surface area contributed by atoms with E-state index in [1.54, 1.807) is 6.07 Å². The average Bonchev–Trinajstić information content (AvgIpc) is 2.44. The summed E-state index contributed by atoms with van der Waals surface area (Å²) < 4.78 is 0. The van der Waals surface area contributed by atoms with Gasteiger partial charge in [-0.2, -0.15) is 0 Å². The van der Waals surface area contributed by atoms with Gasteiger partial charge in [-0.1, -0.05) is 26.8 Å². The van der Waals surface area contributed by atoms with Crippen molar-refractivity contribution in [1.29, 1.82) is 0 Å². The van der Waals surface area contributed by atoms with Crippen molar-refractivity contribution in [2.45, 2.75) is 33.2 Å². The summed E-state index contributed by atoms with van der Waals surface area (Å²) in [7, 11) is 0. The number of amides is 2. The van der Waals surface area contributed by atoms with Gasteiger partial charge in [-0.3, -0.25) is 4.79 Å². The fourth-order valence-corrected chi connectivity index (χ4v) is 3.11. The number of nitrogens with zero attached hydrogens (tertiary/aromatic N) is 1. The van der Waals surface area contributed by atoms with Gasteiger partial charge in [0.2, 0.25) is 5.91 Å². The van der Waals surface area contributed by atoms with Crippen LogP contribution in [0.2, 0.25) is 0 Å². The van der Waals surface area contributed by atoms with Crippen molar-refractivity contribution in [2.24, 2.45) is 5.41 Å². The molecule has 2 rings (SSSR count). The molecule has 6 heteroatoms. The number of carbonyl (C=O) groups excluding carboxylic acids is 1. The van der Waals surface area contributed by atoms with E-state index in [2.05, 4.69) is 5.32 Å². The van der Waals surface area contributed by atoms with E-state index in [4.69, 9.17) is 11.6 Å². The van der Waals surface area contributed by atoms with E-state index >= 15 is 0 Å². The van der Waals surface area contributed by atoms with E-state index in [1.165, 1.54) is 4.90 Å². The highest BCUT2D eigenvalue weighted by atomic mass is 35.5. The topological polar surface area (TPSA) is 69.6 Å². The number of anilines is 1. The maximum absolute atomic E-state index is 11.5. The molecule has 1 aliphatic heterocycles. The maximum atomic E-state index is 11.5. The second kappa shape index (κ2) is 6.16. The number of hydrogen-bond acceptors (Lipinski definition) is 2. The van der Waals surface area contributed by atoms with Gasteiger partial charge in [-0.05, 0) is 35.1 Å². The molecular formula is C16H21ClN2O3. The zero-order valence-corrected chi connectivity index (χ0v) is 13.8. The summed E-state index contributed by atoms with van der Waals surface area (Å²) in [5.41, 5.74) is 2.56. The van der Waals surface area contributed by atoms with Crippen molar-refractivity contribution < 1.29 is 14.7 Å². The Morgan fingerprint density at radius 2 is 2.09 bits per heavy atom. The fourth-order valence-electron chi connectivity index (χ4n) is 3.04. The van der Waals surface area contributed by atoms with Crippen molar-refractivity contribution >= 4 is 29.3 Å². The van der Waals surface area contributed by atoms with Gasteiger partial charge in [-0.15, -0.1) is 11.6 Å². The normalized spacial score (nSPS) is 17.8. The highest BCUT2D eigenvalue weighted by molar-refractivity contribution is 6.29. The molecule has 0 aliphatic carbocycles. The smallest absolute Gasteiger partial charge is 0.407 e. The minimum absolute atomic E-state index is 0.0888. The van der Waals surface area contributed by atoms with E-state index in [1.807, 2.05) is 32.9 Å². The van der Waals surface area contributed by atoms with Crippen LogP contribution in [-0.2, 0) is 11.2 Å². The summed E-state index contributed by atoms with van der Waals surface area (Å²) in [6, 6.07) is 5.42. The lowest BCUT2D eigenvalue weighted by molar-refractivity contribution is -0.113. The fraction of sp³-hybridized carbons (Fsp3) is 0.500. The van der Waals surface area contributed by atoms with Crippen molar-refractivity contribution in [3.63, 3.8) is 0 Å². The highest BCUT2D eigenvalue weighted by Crippen LogP contribution is 2.42. The number of alkyl halides is 1. The van der Waals surface area contributed by atoms with Crippen LogP contribution in [0.1, 0.15) is 37.9 Å². The van der Waals surface area contributed by atoms with Crippen LogP contribution in [0.25, 0.3) is 0 Å². The Balaban J connectivity index is 2.40. The zero-order valence-electron chi connectivity index (χ0n) is 13.0. The van der Waals surface area contributed by atoms with Gasteiger partial charge in [0, 0.05) is 12.2 Å². The average molecular weight is 325 g/mol. The van der Waals surface area contributed by atoms with Crippen molar-refractivity contribution in [2.75, 3.05) is 17.7 Å². The second-order valence-electron chi connectivity index (χ2n) is 6.59. The van der Waals surface area contributed by atoms with Gasteiger partial charge in [0.1, 0.15) is 5.88 Å². The molecule has 0 fully saturated rings. The molecule has 1 unspecified atom stereocenters. The molecule has 0 saturated carbocycles. The summed E-state index contributed by atoms with van der Waals surface area (Å²) in [6.45, 7) is 6.56. The summed E-state index contributed by atoms with van der Waals surface area (Å²) in [5.74, 6) is -0.342. The number of carboxylic acid groups (broad SMARTS) is 1. The van der Waals surface area contributed by atoms with Gasteiger partial charge in [0.15, 0.2) is 0 Å². The molecule has 5 nitrogen and oxygen atoms in total. The van der Waals surface area contributed by atoms with E-state index in [-0.39, 0.29) is 23.2 Å². The molecular weight excluding hydrogens is 304 g/mol. The lowest BCUT2D eigenvalue weighted by Gasteiger charge is -2.43. The molecule has 0 bridgehead atoms. The summed E-state index contributed by atoms with van der Waals surface area (Å²) in [5, 5.41) is 12.2. The molecule has 2 N–H and O–H groups in total. The Hall–Kier alpha value is -1.75. The maximum Gasteiger partial charge on any atom is 0.407 e. The number of benzene rings is 1. The lowest BCUT2D eigenvalue weighted by atomic mass is 9.77. The van der Waals surface area contributed by atoms with Crippen LogP contribution >= 0.6 is 11.6 Å². The molecule has 22 heavy (non-hydrogen) atoms. The zero-order chi connectivity index (χ0) is 16.5. The second-order valence-corrected chi connectivity index (χ2v) is 6.86. The van der Waals surface area contributed by atoms with Crippen LogP contribution < -0.4 is 5.32 Å². The number of rotatable bonds is 2. The first kappa shape index (κ1) is 16.6. The van der Waals surface area contributed by atoms with E-state index in [9.17, 15) is 14.7 Å². The minimum atomic E-state index is -0.898. The predicted molar refractivity (Wildman–Crippen MR) is 86.4 cm³/mol. The third-order valence-electron chi connectivity index (χ3n) is 3.84. The van der Waals surface area contributed by atoms with Crippen LogP contribution in [0.15, 0.2) is 18.2 Å². The number of halogens is 1. The SMILES string of the molecule is CC(C)(C)C1c2ccc(NC(=O)CCl)cc2CCN1C(=O)O. The molecule has 1 aliphatic rings. The largest absolute Gasteiger partial charge is 0.465 e. The van der Waals surface area contributed by atoms with Crippen LogP contribution in [0, 0.1) is 5.41 Å². The number of carbonyl (C=O) groups is 2. The summed E-state index contributed by atoms with van der Waals surface area (Å²) >= 11 is 5.50. The molecule has 0 aromatic heterocycles. The third kappa shape index (κ3) is 3.35. The van der Waals surface area contributed by atoms with Crippen LogP contribution in [-0.4, -0.2) is 34.4 Å². The van der Waals surface area contributed by atoms with Crippen LogP contribution in [0.4, 0.5) is 10.5 Å². The molecule has 1 aromatic rings. The van der Waals surface area contributed by atoms with Crippen molar-refractivity contribution in [3.8, 4) is 0 Å². The van der Waals surface area contributed by atoms with Gasteiger partial charge < -0.3 is 15.3 Å². The number of nitrogens with one attached hydrogen (secondary N) is 1. The Kier molecular flexibility index (Phi) is 4.66. The first-order valence-corrected chi connectivity index (χ1v) is 7.75. The Bertz CT molecular complexity index is 596. The first-order chi connectivity index (χ1) is 10.2. The monoisotopic (exact) mass is 324 g/mol. The van der Waals surface area contributed by atoms with Gasteiger partial charge >= 0.3 is 6.09 Å². The molecule has 1 atom stereocenters. The van der Waals surface area contributed by atoms with E-state index in [0.29, 0.717) is 18.7 Å². The molecule has 0 radical (unpaired) electrons. The molecule has 2 amide bonds. The lowest BCUT2D eigenvalue weighted by Crippen LogP contribution is -2.44. The number of fused-ring (bicyclic) bond motifs is 1. The first-order valence-electron chi connectivity index (χ1n) is 7.22. The Morgan fingerprint density at radius 3 is 2.64 bits per heavy atom. The molecule has 1 aromatic carbocycles. The van der Waals surface area contributed by atoms with Gasteiger partial charge in [-0.25, -0.2) is 4.79 Å². The van der Waals surface area contributed by atoms with E-state index in [0.717, 1.165) is 11.1 Å². The summed E-state index contributed by atoms with van der Waals surface area (Å²) in [6.07, 6.45) is -0.260. The Labute approximate surface area is 135 Å². The van der Waals surface area contributed by atoms with E-state index < -0.39 is 6.09 Å². The highest BCUT2D eigenvalue weighted by Gasteiger charge is 2.38. The molecule has 120 valence electrons. The summed E-state index contributed by atoms with van der Waals surface area (Å²) in [4.78, 5) is 24.4. The molecule has 0 saturated heterocycles. The van der Waals surface area contributed by atoms with Crippen LogP contribution in [0.3, 0.4) is 0 Å². The van der Waals surface area contributed by atoms with Gasteiger partial charge in [0.05, 0.1) is 6.04 Å². The van der Waals surface area contributed by atoms with Crippen LogP contribution in [0.5, 0.6) is 0 Å². The quantitative estimate of drug-likeness (QED) is 0.818. The number of hydrogen-bond donors (Lipinski definition) is 2. The van der Waals surface area contributed by atoms with Gasteiger partial charge in [0.25, 0.3) is 0 Å². The molecule has 0 spiro atoms. The third-order valence-corrected chi connectivity index (χ3v) is 4.09. The molecule has 1 heterocycles. The minimum Gasteiger partial charge on any atom is -0.465 e. The predicted octanol–water partition coefficient (Wildman–Crippen LogP) is 3.49. The van der Waals surface area contributed by atoms with Crippen molar-refractivity contribution in [1.82, 2.24) is 4.90 Å². The standard InChI is InChI=1S/C16H21ClN2O3/c1-16(2,3)14-12-5-4-11(18-13(20)9-17)8-10(12)6-7-19(14)15(21)22/h4-5,8,14H,6-7,9H2,1-3H3,(H,18,20)(H,21,22). The Morgan fingerprint density at radius 1 is 1.41 bits per heavy atom.